The van der Waals surface area contributed by atoms with Crippen molar-refractivity contribution in [1.82, 2.24) is 25.3 Å². The number of aliphatic imine (C=N–C) groups is 1. The predicted octanol–water partition coefficient (Wildman–Crippen LogP) is 2.31. The predicted molar refractivity (Wildman–Crippen MR) is 131 cm³/mol. The van der Waals surface area contributed by atoms with Crippen LogP contribution in [0.4, 0.5) is 0 Å². The van der Waals surface area contributed by atoms with Crippen molar-refractivity contribution in [2.45, 2.75) is 25.3 Å². The maximum absolute atomic E-state index is 4.43. The maximum atomic E-state index is 4.43. The van der Waals surface area contributed by atoms with Gasteiger partial charge in [0.15, 0.2) is 5.96 Å². The number of guanidine groups is 1. The van der Waals surface area contributed by atoms with Crippen LogP contribution in [-0.2, 0) is 0 Å². The van der Waals surface area contributed by atoms with Crippen LogP contribution in [0.5, 0.6) is 0 Å². The van der Waals surface area contributed by atoms with E-state index in [9.17, 15) is 0 Å². The lowest BCUT2D eigenvalue weighted by molar-refractivity contribution is 0.248. The van der Waals surface area contributed by atoms with Crippen LogP contribution in [0, 0.1) is 0 Å². The van der Waals surface area contributed by atoms with E-state index in [-0.39, 0.29) is 24.0 Å². The van der Waals surface area contributed by atoms with Crippen LogP contribution >= 0.6 is 35.3 Å². The van der Waals surface area contributed by atoms with Crippen LogP contribution in [0.25, 0.3) is 0 Å². The fraction of sp³-hybridized carbons (Fsp3) is 0.750. The average Bonchev–Trinajstić information content (AvgIpc) is 3.35. The number of hydrogen-bond donors (Lipinski definition) is 2. The number of nitrogens with zero attached hydrogens (tertiary/aromatic N) is 4. The molecule has 0 amide bonds. The number of nitrogens with one attached hydrogen (secondary N) is 2. The molecule has 8 heteroatoms. The molecular formula is C20H37IN6S. The zero-order chi connectivity index (χ0) is 18.9. The zero-order valence-electron chi connectivity index (χ0n) is 17.4. The fourth-order valence-electron chi connectivity index (χ4n) is 4.01. The van der Waals surface area contributed by atoms with Crippen molar-refractivity contribution in [3.05, 3.63) is 22.4 Å². The van der Waals surface area contributed by atoms with Gasteiger partial charge in [-0.3, -0.25) is 9.89 Å². The first-order valence-electron chi connectivity index (χ1n) is 10.4. The minimum absolute atomic E-state index is 0. The lowest BCUT2D eigenvalue weighted by atomic mass is 10.2. The molecule has 1 aromatic heterocycles. The topological polar surface area (TPSA) is 46.1 Å². The van der Waals surface area contributed by atoms with Crippen molar-refractivity contribution in [3.63, 3.8) is 0 Å². The Morgan fingerprint density at radius 1 is 1.11 bits per heavy atom. The highest BCUT2D eigenvalue weighted by atomic mass is 127. The second-order valence-corrected chi connectivity index (χ2v) is 8.63. The first kappa shape index (κ1) is 23.9. The molecule has 0 aliphatic carbocycles. The van der Waals surface area contributed by atoms with Crippen molar-refractivity contribution in [3.8, 4) is 0 Å². The molecule has 28 heavy (non-hydrogen) atoms. The monoisotopic (exact) mass is 520 g/mol. The van der Waals surface area contributed by atoms with Gasteiger partial charge in [0.25, 0.3) is 0 Å². The van der Waals surface area contributed by atoms with Gasteiger partial charge in [-0.15, -0.1) is 35.3 Å². The van der Waals surface area contributed by atoms with Crippen molar-refractivity contribution in [1.29, 1.82) is 0 Å². The van der Waals surface area contributed by atoms with E-state index >= 15 is 0 Å². The van der Waals surface area contributed by atoms with E-state index in [1.807, 2.05) is 18.4 Å². The normalized spacial score (nSPS) is 21.1. The number of likely N-dealkylation sites (N-methyl/N-ethyl adjacent to an activating group) is 1. The van der Waals surface area contributed by atoms with E-state index in [0.717, 1.165) is 25.6 Å². The van der Waals surface area contributed by atoms with E-state index in [0.29, 0.717) is 6.04 Å². The lowest BCUT2D eigenvalue weighted by Crippen LogP contribution is -2.45. The van der Waals surface area contributed by atoms with Crippen LogP contribution in [0.3, 0.4) is 0 Å². The smallest absolute Gasteiger partial charge is 0.191 e. The summed E-state index contributed by atoms with van der Waals surface area (Å²) >= 11 is 1.86. The third kappa shape index (κ3) is 7.44. The first-order chi connectivity index (χ1) is 13.3. The number of halogens is 1. The number of rotatable bonds is 7. The van der Waals surface area contributed by atoms with Crippen molar-refractivity contribution in [2.75, 3.05) is 73.0 Å². The van der Waals surface area contributed by atoms with Crippen LogP contribution < -0.4 is 10.6 Å². The van der Waals surface area contributed by atoms with Crippen LogP contribution in [-0.4, -0.2) is 93.7 Å². The summed E-state index contributed by atoms with van der Waals surface area (Å²) in [5.41, 5.74) is 0. The first-order valence-corrected chi connectivity index (χ1v) is 11.3. The summed E-state index contributed by atoms with van der Waals surface area (Å²) in [5.74, 6) is 0.919. The zero-order valence-corrected chi connectivity index (χ0v) is 20.5. The molecule has 1 atom stereocenters. The lowest BCUT2D eigenvalue weighted by Gasteiger charge is -2.28. The highest BCUT2D eigenvalue weighted by Crippen LogP contribution is 2.27. The minimum Gasteiger partial charge on any atom is -0.355 e. The molecular weight excluding hydrogens is 483 g/mol. The van der Waals surface area contributed by atoms with Gasteiger partial charge >= 0.3 is 0 Å². The van der Waals surface area contributed by atoms with Gasteiger partial charge in [0.2, 0.25) is 0 Å². The Labute approximate surface area is 191 Å². The Bertz CT molecular complexity index is 561. The molecule has 0 radical (unpaired) electrons. The molecule has 2 aliphatic heterocycles. The van der Waals surface area contributed by atoms with Crippen LogP contribution in [0.15, 0.2) is 22.5 Å². The molecule has 6 nitrogen and oxygen atoms in total. The number of likely N-dealkylation sites (tertiary alicyclic amines) is 1. The van der Waals surface area contributed by atoms with Gasteiger partial charge in [-0.2, -0.15) is 0 Å². The van der Waals surface area contributed by atoms with Gasteiger partial charge in [0, 0.05) is 44.6 Å². The second-order valence-electron chi connectivity index (χ2n) is 7.65. The molecule has 0 bridgehead atoms. The van der Waals surface area contributed by atoms with Gasteiger partial charge in [-0.1, -0.05) is 6.07 Å². The minimum atomic E-state index is 0. The van der Waals surface area contributed by atoms with E-state index < -0.39 is 0 Å². The van der Waals surface area contributed by atoms with E-state index in [2.05, 4.69) is 54.9 Å². The van der Waals surface area contributed by atoms with Crippen LogP contribution in [0.1, 0.15) is 30.2 Å². The van der Waals surface area contributed by atoms with Gasteiger partial charge in [0.05, 0.1) is 6.04 Å². The van der Waals surface area contributed by atoms with Gasteiger partial charge in [0.1, 0.15) is 0 Å². The van der Waals surface area contributed by atoms with Gasteiger partial charge in [-0.25, -0.2) is 0 Å². The standard InChI is InChI=1S/C20H36N6S.HI/c1-21-20(22-8-13-25-10-6-9-24(2)14-15-25)23-17-18(19-7-5-16-27-19)26-11-3-4-12-26;/h5,7,16,18H,3-4,6,8-15,17H2,1-2H3,(H2,21,22,23);1H. The molecule has 0 spiro atoms. The third-order valence-corrected chi connectivity index (χ3v) is 6.65. The molecule has 1 unspecified atom stereocenters. The summed E-state index contributed by atoms with van der Waals surface area (Å²) in [6.45, 7) is 10.1. The summed E-state index contributed by atoms with van der Waals surface area (Å²) in [7, 11) is 4.09. The molecule has 0 aromatic carbocycles. The summed E-state index contributed by atoms with van der Waals surface area (Å²) in [4.78, 5) is 13.5. The van der Waals surface area contributed by atoms with Gasteiger partial charge in [-0.05, 0) is 63.9 Å². The molecule has 160 valence electrons. The molecule has 2 aliphatic rings. The molecule has 3 rings (SSSR count). The summed E-state index contributed by atoms with van der Waals surface area (Å²) in [6.07, 6.45) is 3.90. The Hall–Kier alpha value is -0.420. The Kier molecular flexibility index (Phi) is 11.1. The van der Waals surface area contributed by atoms with Crippen LogP contribution in [0.2, 0.25) is 0 Å². The average molecular weight is 521 g/mol. The Morgan fingerprint density at radius 2 is 1.93 bits per heavy atom. The molecule has 2 N–H and O–H groups in total. The molecule has 2 fully saturated rings. The summed E-state index contributed by atoms with van der Waals surface area (Å²) in [5, 5.41) is 9.26. The third-order valence-electron chi connectivity index (χ3n) is 5.67. The second kappa shape index (κ2) is 13.0. The fourth-order valence-corrected chi connectivity index (χ4v) is 4.87. The largest absolute Gasteiger partial charge is 0.355 e. The SMILES string of the molecule is CN=C(NCCN1CCCN(C)CC1)NCC(c1cccs1)N1CCCC1.I. The van der Waals surface area contributed by atoms with Crippen molar-refractivity contribution in [2.24, 2.45) is 4.99 Å². The quantitative estimate of drug-likeness (QED) is 0.328. The van der Waals surface area contributed by atoms with E-state index in [4.69, 9.17) is 0 Å². The highest BCUT2D eigenvalue weighted by molar-refractivity contribution is 14.0. The molecule has 2 saturated heterocycles. The number of hydrogen-bond acceptors (Lipinski definition) is 5. The summed E-state index contributed by atoms with van der Waals surface area (Å²) in [6, 6.07) is 4.88. The highest BCUT2D eigenvalue weighted by Gasteiger charge is 2.24. The maximum Gasteiger partial charge on any atom is 0.191 e. The number of thiophene rings is 1. The van der Waals surface area contributed by atoms with Crippen molar-refractivity contribution < 1.29 is 0 Å². The van der Waals surface area contributed by atoms with Gasteiger partial charge < -0.3 is 20.4 Å². The van der Waals surface area contributed by atoms with E-state index in [1.165, 1.54) is 63.4 Å². The Balaban J connectivity index is 0.00000280. The Morgan fingerprint density at radius 3 is 2.64 bits per heavy atom. The van der Waals surface area contributed by atoms with E-state index in [1.54, 1.807) is 0 Å². The molecule has 0 saturated carbocycles. The molecule has 1 aromatic rings. The summed E-state index contributed by atoms with van der Waals surface area (Å²) < 4.78 is 0. The van der Waals surface area contributed by atoms with Crippen molar-refractivity contribution >= 4 is 41.3 Å². The molecule has 3 heterocycles.